The molecule has 0 unspecified atom stereocenters. The number of carbonyl (C=O) groups excluding carboxylic acids is 2. The highest BCUT2D eigenvalue weighted by atomic mass is 35.5. The van der Waals surface area contributed by atoms with Crippen LogP contribution in [-0.2, 0) is 9.59 Å². The zero-order valence-corrected chi connectivity index (χ0v) is 8.95. The highest BCUT2D eigenvalue weighted by Crippen LogP contribution is 2.31. The van der Waals surface area contributed by atoms with E-state index in [0.717, 1.165) is 6.20 Å². The van der Waals surface area contributed by atoms with Gasteiger partial charge >= 0.3 is 0 Å². The van der Waals surface area contributed by atoms with Crippen molar-refractivity contribution in [2.75, 3.05) is 0 Å². The van der Waals surface area contributed by atoms with Crippen molar-refractivity contribution >= 4 is 46.4 Å². The zero-order chi connectivity index (χ0) is 10.9. The average molecular weight is 252 g/mol. The van der Waals surface area contributed by atoms with Gasteiger partial charge < -0.3 is 5.73 Å². The summed E-state index contributed by atoms with van der Waals surface area (Å²) in [5, 5.41) is -0.976. The predicted molar refractivity (Wildman–Crippen MR) is 55.0 cm³/mol. The molecule has 0 saturated carbocycles. The normalized spacial score (nSPS) is 18.8. The second-order valence-electron chi connectivity index (χ2n) is 2.37. The molecular weight excluding hydrogens is 248 g/mol. The molecule has 6 heteroatoms. The van der Waals surface area contributed by atoms with Gasteiger partial charge in [-0.3, -0.25) is 9.59 Å². The van der Waals surface area contributed by atoms with Crippen LogP contribution >= 0.6 is 34.8 Å². The summed E-state index contributed by atoms with van der Waals surface area (Å²) in [5.74, 6) is -1.28. The fourth-order valence-corrected chi connectivity index (χ4v) is 1.54. The van der Waals surface area contributed by atoms with Gasteiger partial charge in [0.25, 0.3) is 0 Å². The van der Waals surface area contributed by atoms with Crippen molar-refractivity contribution < 1.29 is 9.59 Å². The Morgan fingerprint density at radius 1 is 0.929 bits per heavy atom. The maximum atomic E-state index is 11.4. The van der Waals surface area contributed by atoms with E-state index < -0.39 is 11.6 Å². The van der Waals surface area contributed by atoms with E-state index in [1.54, 1.807) is 0 Å². The number of Topliss-reactive ketones (excluding diaryl/α,β-unsaturated/α-hetero) is 2. The number of hydrogen-bond donors (Lipinski definition) is 1. The van der Waals surface area contributed by atoms with Gasteiger partial charge in [-0.15, -0.1) is 0 Å². The van der Waals surface area contributed by atoms with Gasteiger partial charge in [0.05, 0.1) is 0 Å². The molecule has 2 N–H and O–H groups in total. The summed E-state index contributed by atoms with van der Waals surface area (Å²) in [7, 11) is 0. The lowest BCUT2D eigenvalue weighted by Crippen LogP contribution is -2.16. The van der Waals surface area contributed by atoms with Gasteiger partial charge in [0.15, 0.2) is 0 Å². The third-order valence-corrected chi connectivity index (χ3v) is 2.73. The summed E-state index contributed by atoms with van der Waals surface area (Å²) in [4.78, 5) is 22.7. The molecule has 0 amide bonds. The Morgan fingerprint density at radius 3 is 1.93 bits per heavy atom. The minimum absolute atomic E-state index is 0.0476. The first-order valence-corrected chi connectivity index (χ1v) is 4.56. The molecule has 3 nitrogen and oxygen atoms in total. The molecule has 0 radical (unpaired) electrons. The zero-order valence-electron chi connectivity index (χ0n) is 6.68. The van der Waals surface area contributed by atoms with Crippen LogP contribution in [0.4, 0.5) is 0 Å². The van der Waals surface area contributed by atoms with Crippen LogP contribution in [0, 0.1) is 0 Å². The van der Waals surface area contributed by atoms with E-state index in [2.05, 4.69) is 0 Å². The number of halogens is 3. The molecule has 74 valence electrons. The Labute approximate surface area is 94.8 Å². The molecule has 0 aliphatic heterocycles. The number of carbonyl (C=O) groups is 2. The molecule has 0 saturated heterocycles. The maximum Gasteiger partial charge on any atom is 0.218 e. The van der Waals surface area contributed by atoms with E-state index in [0.29, 0.717) is 0 Å². The first kappa shape index (κ1) is 11.3. The molecule has 0 heterocycles. The van der Waals surface area contributed by atoms with E-state index in [-0.39, 0.29) is 20.7 Å². The summed E-state index contributed by atoms with van der Waals surface area (Å²) in [6, 6.07) is 0. The summed E-state index contributed by atoms with van der Waals surface area (Å²) in [6.07, 6.45) is 2.29. The van der Waals surface area contributed by atoms with Crippen molar-refractivity contribution in [2.45, 2.75) is 0 Å². The average Bonchev–Trinajstić information content (AvgIpc) is 2.19. The standard InChI is InChI=1S/C8H4Cl3NO2/c9-4-3(1-2-12)7(13)5(10)6(11)8(4)14/h1-2H,12H2/b2-1+. The highest BCUT2D eigenvalue weighted by molar-refractivity contribution is 6.64. The molecule has 0 aromatic rings. The van der Waals surface area contributed by atoms with Crippen LogP contribution in [0.3, 0.4) is 0 Å². The summed E-state index contributed by atoms with van der Waals surface area (Å²) < 4.78 is 0. The molecule has 1 aliphatic rings. The molecule has 0 atom stereocenters. The van der Waals surface area contributed by atoms with Crippen molar-refractivity contribution in [3.63, 3.8) is 0 Å². The Hall–Kier alpha value is -0.770. The Kier molecular flexibility index (Phi) is 3.37. The lowest BCUT2D eigenvalue weighted by molar-refractivity contribution is -0.115. The van der Waals surface area contributed by atoms with Gasteiger partial charge in [-0.25, -0.2) is 0 Å². The number of nitrogens with two attached hydrogens (primary N) is 1. The van der Waals surface area contributed by atoms with Crippen LogP contribution in [-0.4, -0.2) is 11.6 Å². The fourth-order valence-electron chi connectivity index (χ4n) is 0.881. The summed E-state index contributed by atoms with van der Waals surface area (Å²) >= 11 is 16.6. The Balaban J connectivity index is 3.33. The van der Waals surface area contributed by atoms with E-state index in [4.69, 9.17) is 40.5 Å². The van der Waals surface area contributed by atoms with Gasteiger partial charge in [0.1, 0.15) is 15.1 Å². The van der Waals surface area contributed by atoms with Crippen LogP contribution < -0.4 is 5.73 Å². The van der Waals surface area contributed by atoms with Crippen molar-refractivity contribution in [2.24, 2.45) is 5.73 Å². The van der Waals surface area contributed by atoms with E-state index in [1.807, 2.05) is 0 Å². The molecule has 0 fully saturated rings. The van der Waals surface area contributed by atoms with E-state index in [9.17, 15) is 9.59 Å². The predicted octanol–water partition coefficient (Wildman–Crippen LogP) is 1.79. The van der Waals surface area contributed by atoms with Gasteiger partial charge in [-0.05, 0) is 12.3 Å². The topological polar surface area (TPSA) is 60.2 Å². The molecule has 0 aromatic heterocycles. The monoisotopic (exact) mass is 251 g/mol. The first-order valence-electron chi connectivity index (χ1n) is 3.43. The second kappa shape index (κ2) is 4.17. The summed E-state index contributed by atoms with van der Waals surface area (Å²) in [6.45, 7) is 0. The third-order valence-electron chi connectivity index (χ3n) is 1.53. The van der Waals surface area contributed by atoms with Crippen LogP contribution in [0.1, 0.15) is 0 Å². The van der Waals surface area contributed by atoms with Gasteiger partial charge in [-0.1, -0.05) is 34.8 Å². The second-order valence-corrected chi connectivity index (χ2v) is 3.51. The minimum atomic E-state index is -0.675. The van der Waals surface area contributed by atoms with Crippen LogP contribution in [0.25, 0.3) is 0 Å². The molecule has 0 bridgehead atoms. The van der Waals surface area contributed by atoms with Gasteiger partial charge in [0.2, 0.25) is 11.6 Å². The van der Waals surface area contributed by atoms with Crippen LogP contribution in [0.15, 0.2) is 32.9 Å². The molecule has 1 rings (SSSR count). The van der Waals surface area contributed by atoms with Gasteiger partial charge in [0, 0.05) is 5.57 Å². The van der Waals surface area contributed by atoms with Gasteiger partial charge in [-0.2, -0.15) is 0 Å². The SMILES string of the molecule is N/C=C/C1=C(Cl)C(=O)C(Cl)=C(Cl)C1=O. The molecule has 1 aliphatic carbocycles. The molecule has 0 spiro atoms. The third kappa shape index (κ3) is 1.71. The highest BCUT2D eigenvalue weighted by Gasteiger charge is 2.30. The van der Waals surface area contributed by atoms with E-state index in [1.165, 1.54) is 6.08 Å². The van der Waals surface area contributed by atoms with Crippen molar-refractivity contribution in [1.82, 2.24) is 0 Å². The largest absolute Gasteiger partial charge is 0.405 e. The molecule has 14 heavy (non-hydrogen) atoms. The summed E-state index contributed by atoms with van der Waals surface area (Å²) in [5.41, 5.74) is 5.03. The van der Waals surface area contributed by atoms with Crippen LogP contribution in [0.5, 0.6) is 0 Å². The van der Waals surface area contributed by atoms with Crippen molar-refractivity contribution in [1.29, 1.82) is 0 Å². The smallest absolute Gasteiger partial charge is 0.218 e. The lowest BCUT2D eigenvalue weighted by Gasteiger charge is -2.11. The number of hydrogen-bond acceptors (Lipinski definition) is 3. The number of rotatable bonds is 1. The van der Waals surface area contributed by atoms with Crippen molar-refractivity contribution in [3.8, 4) is 0 Å². The molecular formula is C8H4Cl3NO2. The quantitative estimate of drug-likeness (QED) is 0.724. The first-order chi connectivity index (χ1) is 6.50. The Bertz CT molecular complexity index is 407. The fraction of sp³-hybridized carbons (Fsp3) is 0. The van der Waals surface area contributed by atoms with E-state index >= 15 is 0 Å². The minimum Gasteiger partial charge on any atom is -0.405 e. The Morgan fingerprint density at radius 2 is 1.43 bits per heavy atom. The van der Waals surface area contributed by atoms with Crippen molar-refractivity contribution in [3.05, 3.63) is 32.9 Å². The lowest BCUT2D eigenvalue weighted by atomic mass is 10.0. The maximum absolute atomic E-state index is 11.4. The number of ketones is 2. The molecule has 0 aromatic carbocycles. The van der Waals surface area contributed by atoms with Crippen LogP contribution in [0.2, 0.25) is 0 Å². The number of allylic oxidation sites excluding steroid dienone is 5.